The van der Waals surface area contributed by atoms with Crippen LogP contribution in [0, 0.1) is 55.4 Å². The summed E-state index contributed by atoms with van der Waals surface area (Å²) in [7, 11) is 0. The summed E-state index contributed by atoms with van der Waals surface area (Å²) in [4.78, 5) is 5.02. The van der Waals surface area contributed by atoms with E-state index in [9.17, 15) is 0 Å². The molecule has 5 aromatic carbocycles. The Morgan fingerprint density at radius 1 is 0.390 bits per heavy atom. The lowest BCUT2D eigenvalue weighted by Gasteiger charge is -2.44. The number of hydrogen-bond donors (Lipinski definition) is 0. The monoisotopic (exact) mass is 532 g/mol. The molecule has 0 aliphatic carbocycles. The SMILES string of the molecule is Cc1ccc(N2c3cc(C)c(C)cc3B3c4cc(C)c(C)cc4N(c4ccc(C)c(C)c4)c4cccc2c43)cc1C. The van der Waals surface area contributed by atoms with Crippen molar-refractivity contribution in [2.24, 2.45) is 0 Å². The maximum atomic E-state index is 2.51. The highest BCUT2D eigenvalue weighted by Gasteiger charge is 2.43. The molecule has 0 aromatic heterocycles. The molecule has 0 atom stereocenters. The molecule has 2 aliphatic rings. The molecule has 2 heterocycles. The van der Waals surface area contributed by atoms with E-state index in [-0.39, 0.29) is 6.71 Å². The first-order valence-electron chi connectivity index (χ1n) is 14.7. The number of benzene rings is 5. The van der Waals surface area contributed by atoms with Crippen LogP contribution in [0.3, 0.4) is 0 Å². The Bertz CT molecular complexity index is 1770. The Hall–Kier alpha value is -4.24. The number of rotatable bonds is 2. The van der Waals surface area contributed by atoms with Gasteiger partial charge in [-0.25, -0.2) is 0 Å². The van der Waals surface area contributed by atoms with Crippen molar-refractivity contribution in [2.45, 2.75) is 55.4 Å². The Labute approximate surface area is 245 Å². The fourth-order valence-electron chi connectivity index (χ4n) is 6.75. The maximum absolute atomic E-state index is 2.51. The van der Waals surface area contributed by atoms with E-state index in [0.717, 1.165) is 0 Å². The lowest BCUT2D eigenvalue weighted by atomic mass is 9.33. The summed E-state index contributed by atoms with van der Waals surface area (Å²) >= 11 is 0. The lowest BCUT2D eigenvalue weighted by molar-refractivity contribution is 1.21. The number of nitrogens with zero attached hydrogens (tertiary/aromatic N) is 2. The summed E-state index contributed by atoms with van der Waals surface area (Å²) in [5, 5.41) is 0. The quantitative estimate of drug-likeness (QED) is 0.207. The molecule has 0 unspecified atom stereocenters. The predicted molar refractivity (Wildman–Crippen MR) is 178 cm³/mol. The summed E-state index contributed by atoms with van der Waals surface area (Å²) in [5.41, 5.74) is 22.3. The molecular weight excluding hydrogens is 495 g/mol. The van der Waals surface area contributed by atoms with Gasteiger partial charge < -0.3 is 9.80 Å². The van der Waals surface area contributed by atoms with Crippen LogP contribution in [0.25, 0.3) is 0 Å². The van der Waals surface area contributed by atoms with Crippen molar-refractivity contribution in [1.29, 1.82) is 0 Å². The van der Waals surface area contributed by atoms with E-state index >= 15 is 0 Å². The molecule has 0 amide bonds. The highest BCUT2D eigenvalue weighted by atomic mass is 15.2. The van der Waals surface area contributed by atoms with Gasteiger partial charge in [0.1, 0.15) is 0 Å². The Balaban J connectivity index is 1.60. The minimum Gasteiger partial charge on any atom is -0.311 e. The van der Waals surface area contributed by atoms with Crippen LogP contribution < -0.4 is 26.2 Å². The highest BCUT2D eigenvalue weighted by molar-refractivity contribution is 7.00. The molecule has 5 aromatic rings. The van der Waals surface area contributed by atoms with Crippen LogP contribution in [-0.2, 0) is 0 Å². The molecule has 0 N–H and O–H groups in total. The maximum Gasteiger partial charge on any atom is 0.252 e. The highest BCUT2D eigenvalue weighted by Crippen LogP contribution is 2.45. The van der Waals surface area contributed by atoms with Gasteiger partial charge in [-0.15, -0.1) is 0 Å². The van der Waals surface area contributed by atoms with Gasteiger partial charge in [0.25, 0.3) is 6.71 Å². The van der Waals surface area contributed by atoms with Gasteiger partial charge in [0.05, 0.1) is 0 Å². The molecule has 0 saturated heterocycles. The van der Waals surface area contributed by atoms with Gasteiger partial charge in [0.2, 0.25) is 0 Å². The summed E-state index contributed by atoms with van der Waals surface area (Å²) in [6.07, 6.45) is 0. The van der Waals surface area contributed by atoms with Crippen LogP contribution in [-0.4, -0.2) is 6.71 Å². The Morgan fingerprint density at radius 2 is 0.780 bits per heavy atom. The van der Waals surface area contributed by atoms with Gasteiger partial charge >= 0.3 is 0 Å². The zero-order valence-corrected chi connectivity index (χ0v) is 25.5. The first kappa shape index (κ1) is 25.7. The van der Waals surface area contributed by atoms with Crippen molar-refractivity contribution in [2.75, 3.05) is 9.80 Å². The van der Waals surface area contributed by atoms with Crippen molar-refractivity contribution in [3.63, 3.8) is 0 Å². The van der Waals surface area contributed by atoms with E-state index in [1.165, 1.54) is 95.0 Å². The van der Waals surface area contributed by atoms with Crippen molar-refractivity contribution >= 4 is 57.2 Å². The van der Waals surface area contributed by atoms with Crippen molar-refractivity contribution < 1.29 is 0 Å². The van der Waals surface area contributed by atoms with Crippen LogP contribution in [0.2, 0.25) is 0 Å². The normalized spacial score (nSPS) is 13.2. The van der Waals surface area contributed by atoms with Crippen LogP contribution in [0.4, 0.5) is 34.1 Å². The third-order valence-electron chi connectivity index (χ3n) is 9.72. The second-order valence-electron chi connectivity index (χ2n) is 12.3. The smallest absolute Gasteiger partial charge is 0.252 e. The molecule has 2 aliphatic heterocycles. The number of aryl methyl sites for hydroxylation is 8. The summed E-state index contributed by atoms with van der Waals surface area (Å²) < 4.78 is 0. The summed E-state index contributed by atoms with van der Waals surface area (Å²) in [5.74, 6) is 0. The van der Waals surface area contributed by atoms with Crippen molar-refractivity contribution in [3.8, 4) is 0 Å². The molecule has 3 heteroatoms. The van der Waals surface area contributed by atoms with Crippen molar-refractivity contribution in [3.05, 3.63) is 123 Å². The molecule has 0 spiro atoms. The fourth-order valence-corrected chi connectivity index (χ4v) is 6.75. The zero-order valence-electron chi connectivity index (χ0n) is 25.5. The van der Waals surface area contributed by atoms with Gasteiger partial charge in [0, 0.05) is 34.1 Å². The molecule has 7 rings (SSSR count). The summed E-state index contributed by atoms with van der Waals surface area (Å²) in [6, 6.07) is 30.4. The average molecular weight is 533 g/mol. The second kappa shape index (κ2) is 9.14. The van der Waals surface area contributed by atoms with Crippen LogP contribution >= 0.6 is 0 Å². The molecule has 0 fully saturated rings. The first-order valence-corrected chi connectivity index (χ1v) is 14.7. The third kappa shape index (κ3) is 3.79. The van der Waals surface area contributed by atoms with Crippen LogP contribution in [0.5, 0.6) is 0 Å². The van der Waals surface area contributed by atoms with E-state index in [2.05, 4.69) is 144 Å². The van der Waals surface area contributed by atoms with Crippen LogP contribution in [0.15, 0.2) is 78.9 Å². The minimum atomic E-state index is 0.162. The number of hydrogen-bond acceptors (Lipinski definition) is 2. The molecule has 0 radical (unpaired) electrons. The van der Waals surface area contributed by atoms with Gasteiger partial charge in [-0.05, 0) is 165 Å². The van der Waals surface area contributed by atoms with Gasteiger partial charge in [-0.2, -0.15) is 0 Å². The Morgan fingerprint density at radius 3 is 1.20 bits per heavy atom. The standard InChI is InChI=1S/C38H37BN2/c1-22-12-14-30(16-24(22)3)40-34-10-9-11-35-38(34)39(32-18-26(5)28(7)20-36(32)40)33-19-27(6)29(8)21-37(33)41(35)31-15-13-23(2)25(4)17-31/h9-21H,1-8H3. The Kier molecular flexibility index (Phi) is 5.73. The lowest BCUT2D eigenvalue weighted by Crippen LogP contribution is -2.61. The fraction of sp³-hybridized carbons (Fsp3) is 0.211. The largest absolute Gasteiger partial charge is 0.311 e. The van der Waals surface area contributed by atoms with Gasteiger partial charge in [-0.3, -0.25) is 0 Å². The molecule has 41 heavy (non-hydrogen) atoms. The van der Waals surface area contributed by atoms with E-state index in [4.69, 9.17) is 0 Å². The number of fused-ring (bicyclic) bond motifs is 4. The van der Waals surface area contributed by atoms with E-state index in [0.29, 0.717) is 0 Å². The van der Waals surface area contributed by atoms with Crippen molar-refractivity contribution in [1.82, 2.24) is 0 Å². The third-order valence-corrected chi connectivity index (χ3v) is 9.72. The average Bonchev–Trinajstić information content (AvgIpc) is 2.94. The molecule has 2 nitrogen and oxygen atoms in total. The van der Waals surface area contributed by atoms with E-state index in [1.54, 1.807) is 0 Å². The van der Waals surface area contributed by atoms with Gasteiger partial charge in [0.15, 0.2) is 0 Å². The molecule has 202 valence electrons. The number of anilines is 6. The van der Waals surface area contributed by atoms with Crippen LogP contribution in [0.1, 0.15) is 44.5 Å². The zero-order chi connectivity index (χ0) is 28.7. The first-order chi connectivity index (χ1) is 19.6. The van der Waals surface area contributed by atoms with Gasteiger partial charge in [-0.1, -0.05) is 30.3 Å². The molecule has 0 saturated carbocycles. The predicted octanol–water partition coefficient (Wildman–Crippen LogP) is 8.24. The van der Waals surface area contributed by atoms with E-state index < -0.39 is 0 Å². The molecule has 0 bridgehead atoms. The minimum absolute atomic E-state index is 0.162. The summed E-state index contributed by atoms with van der Waals surface area (Å²) in [6.45, 7) is 18.0. The molecular formula is C38H37BN2. The second-order valence-corrected chi connectivity index (χ2v) is 12.3. The topological polar surface area (TPSA) is 6.48 Å². The van der Waals surface area contributed by atoms with E-state index in [1.807, 2.05) is 0 Å².